The molecule has 4 aromatic rings. The largest absolute Gasteiger partial charge is 0.490 e. The molecule has 292 valence electrons. The molecule has 2 N–H and O–H groups in total. The highest BCUT2D eigenvalue weighted by Gasteiger charge is 2.39. The summed E-state index contributed by atoms with van der Waals surface area (Å²) in [5.41, 5.74) is 2.63. The molecule has 17 heteroatoms. The number of likely N-dealkylation sites (tertiary alicyclic amines) is 1. The van der Waals surface area contributed by atoms with Crippen molar-refractivity contribution in [1.29, 1.82) is 0 Å². The number of carbonyl (C=O) groups is 3. The zero-order valence-electron chi connectivity index (χ0n) is 29.2. The van der Waals surface area contributed by atoms with Crippen molar-refractivity contribution in [1.82, 2.24) is 19.7 Å². The molecule has 3 aromatic carbocycles. The van der Waals surface area contributed by atoms with E-state index < -0.39 is 24.3 Å². The Morgan fingerprint density at radius 3 is 1.89 bits per heavy atom. The third-order valence-corrected chi connectivity index (χ3v) is 9.19. The number of carboxylic acid groups (broad SMARTS) is 2. The number of piperazine rings is 1. The third kappa shape index (κ3) is 12.5. The highest BCUT2D eigenvalue weighted by atomic mass is 35.5. The van der Waals surface area contributed by atoms with Gasteiger partial charge < -0.3 is 24.4 Å². The molecular weight excluding hydrogens is 746 g/mol. The second-order valence-electron chi connectivity index (χ2n) is 12.9. The summed E-state index contributed by atoms with van der Waals surface area (Å²) in [6, 6.07) is 22.1. The van der Waals surface area contributed by atoms with Gasteiger partial charge in [-0.15, -0.1) is 0 Å². The third-order valence-electron chi connectivity index (χ3n) is 8.94. The van der Waals surface area contributed by atoms with Gasteiger partial charge >= 0.3 is 24.3 Å². The molecule has 0 atom stereocenters. The van der Waals surface area contributed by atoms with Crippen LogP contribution in [-0.4, -0.2) is 113 Å². The summed E-state index contributed by atoms with van der Waals surface area (Å²) in [6.07, 6.45) is -6.69. The maximum absolute atomic E-state index is 13.2. The lowest BCUT2D eigenvalue weighted by Gasteiger charge is -2.38. The van der Waals surface area contributed by atoms with Crippen LogP contribution in [0.1, 0.15) is 25.0 Å². The molecule has 10 nitrogen and oxygen atoms in total. The highest BCUT2D eigenvalue weighted by Crippen LogP contribution is 2.32. The summed E-state index contributed by atoms with van der Waals surface area (Å²) in [5.74, 6) is -3.24. The minimum atomic E-state index is -5.08. The Morgan fingerprint density at radius 1 is 0.796 bits per heavy atom. The van der Waals surface area contributed by atoms with Gasteiger partial charge in [-0.3, -0.25) is 9.69 Å². The fourth-order valence-electron chi connectivity index (χ4n) is 5.97. The van der Waals surface area contributed by atoms with Crippen molar-refractivity contribution in [3.8, 4) is 22.7 Å². The topological polar surface area (TPSA) is 127 Å². The molecule has 2 saturated heterocycles. The Balaban J connectivity index is 0.000000396. The average molecular weight is 785 g/mol. The molecule has 2 aliphatic rings. The molecule has 0 aliphatic carbocycles. The van der Waals surface area contributed by atoms with Crippen LogP contribution in [0, 0.1) is 5.92 Å². The smallest absolute Gasteiger partial charge is 0.475 e. The quantitative estimate of drug-likeness (QED) is 0.183. The van der Waals surface area contributed by atoms with E-state index in [0.29, 0.717) is 23.8 Å². The number of aryl methyl sites for hydroxylation is 1. The van der Waals surface area contributed by atoms with Gasteiger partial charge in [0.15, 0.2) is 0 Å². The standard InChI is InChI=1S/C33H37ClN4O2.2C2HF3O2/c1-36-16-14-24(15-17-36)23-37-18-20-38(21-19-37)31(39)13-12-30-32(26-8-10-29(34)11-9-26)35-33(40-30)28-7-6-25-4-2-3-5-27(25)22-28;2*3-2(4,5)1(6)7/h2-11,22,24H,12-21,23H2,1H3;2*(H,6,7). The number of aliphatic carboxylic acids is 2. The number of aromatic nitrogens is 1. The number of nitrogens with zero attached hydrogens (tertiary/aromatic N) is 4. The van der Waals surface area contributed by atoms with Crippen LogP contribution in [0.5, 0.6) is 0 Å². The lowest BCUT2D eigenvalue weighted by atomic mass is 9.96. The van der Waals surface area contributed by atoms with Crippen molar-refractivity contribution in [2.75, 3.05) is 52.9 Å². The van der Waals surface area contributed by atoms with Gasteiger partial charge in [0.25, 0.3) is 0 Å². The molecule has 2 aliphatic heterocycles. The molecule has 6 rings (SSSR count). The van der Waals surface area contributed by atoms with Crippen molar-refractivity contribution in [3.63, 3.8) is 0 Å². The van der Waals surface area contributed by atoms with Crippen LogP contribution in [0.25, 0.3) is 33.5 Å². The van der Waals surface area contributed by atoms with E-state index in [4.69, 9.17) is 40.8 Å². The summed E-state index contributed by atoms with van der Waals surface area (Å²) in [4.78, 5) is 42.9. The molecule has 0 spiro atoms. The molecular formula is C37H39ClF6N4O6. The van der Waals surface area contributed by atoms with Gasteiger partial charge in [0.05, 0.1) is 0 Å². The van der Waals surface area contributed by atoms with E-state index in [1.807, 2.05) is 47.4 Å². The van der Waals surface area contributed by atoms with Crippen LogP contribution in [0.4, 0.5) is 26.3 Å². The fraction of sp³-hybridized carbons (Fsp3) is 0.405. The Labute approximate surface area is 311 Å². The number of carboxylic acids is 2. The van der Waals surface area contributed by atoms with Crippen molar-refractivity contribution >= 4 is 40.2 Å². The Bertz CT molecular complexity index is 1850. The van der Waals surface area contributed by atoms with E-state index in [-0.39, 0.29) is 5.91 Å². The number of hydrogen-bond donors (Lipinski definition) is 2. The number of benzene rings is 3. The lowest BCUT2D eigenvalue weighted by molar-refractivity contribution is -0.193. The van der Waals surface area contributed by atoms with Crippen LogP contribution in [0.15, 0.2) is 71.1 Å². The lowest BCUT2D eigenvalue weighted by Crippen LogP contribution is -2.50. The Morgan fingerprint density at radius 2 is 1.33 bits per heavy atom. The van der Waals surface area contributed by atoms with Crippen molar-refractivity contribution in [3.05, 3.63) is 77.5 Å². The number of alkyl halides is 6. The minimum Gasteiger partial charge on any atom is -0.475 e. The number of oxazole rings is 1. The molecule has 54 heavy (non-hydrogen) atoms. The van der Waals surface area contributed by atoms with Gasteiger partial charge in [-0.2, -0.15) is 26.3 Å². The maximum Gasteiger partial charge on any atom is 0.490 e. The predicted octanol–water partition coefficient (Wildman–Crippen LogP) is 7.50. The van der Waals surface area contributed by atoms with Crippen molar-refractivity contribution in [2.24, 2.45) is 5.92 Å². The Kier molecular flexibility index (Phi) is 14.5. The molecule has 0 radical (unpaired) electrons. The number of amides is 1. The Hall–Kier alpha value is -4.67. The van der Waals surface area contributed by atoms with Gasteiger partial charge in [-0.25, -0.2) is 14.6 Å². The van der Waals surface area contributed by atoms with E-state index in [2.05, 4.69) is 41.1 Å². The van der Waals surface area contributed by atoms with Crippen molar-refractivity contribution in [2.45, 2.75) is 38.0 Å². The number of rotatable bonds is 7. The summed E-state index contributed by atoms with van der Waals surface area (Å²) in [7, 11) is 2.21. The van der Waals surface area contributed by atoms with Crippen LogP contribution in [-0.2, 0) is 20.8 Å². The van der Waals surface area contributed by atoms with E-state index in [1.54, 1.807) is 0 Å². The first kappa shape index (κ1) is 42.1. The molecule has 3 heterocycles. The van der Waals surface area contributed by atoms with Crippen molar-refractivity contribution < 1.29 is 55.4 Å². The summed E-state index contributed by atoms with van der Waals surface area (Å²) < 4.78 is 69.8. The second kappa shape index (κ2) is 18.6. The maximum atomic E-state index is 13.2. The van der Waals surface area contributed by atoms with Crippen LogP contribution in [0.2, 0.25) is 5.02 Å². The summed E-state index contributed by atoms with van der Waals surface area (Å²) in [5, 5.41) is 17.2. The van der Waals surface area contributed by atoms with Crippen LogP contribution < -0.4 is 0 Å². The van der Waals surface area contributed by atoms with Gasteiger partial charge in [0.1, 0.15) is 11.5 Å². The molecule has 1 aromatic heterocycles. The highest BCUT2D eigenvalue weighted by molar-refractivity contribution is 6.30. The summed E-state index contributed by atoms with van der Waals surface area (Å²) >= 11 is 6.16. The molecule has 2 fully saturated rings. The van der Waals surface area contributed by atoms with Gasteiger partial charge in [-0.05, 0) is 73.9 Å². The molecule has 0 unspecified atom stereocenters. The number of halogens is 7. The van der Waals surface area contributed by atoms with E-state index in [1.165, 1.54) is 31.3 Å². The SMILES string of the molecule is CN1CCC(CN2CCN(C(=O)CCc3oc(-c4ccc5ccccc5c4)nc3-c3ccc(Cl)cc3)CC2)CC1.O=C(O)C(F)(F)F.O=C(O)C(F)(F)F. The fourth-order valence-corrected chi connectivity index (χ4v) is 6.09. The second-order valence-corrected chi connectivity index (χ2v) is 13.3. The van der Waals surface area contributed by atoms with Crippen LogP contribution >= 0.6 is 11.6 Å². The first-order valence-corrected chi connectivity index (χ1v) is 17.3. The van der Waals surface area contributed by atoms with Gasteiger partial charge in [-0.1, -0.05) is 54.1 Å². The number of carbonyl (C=O) groups excluding carboxylic acids is 1. The monoisotopic (exact) mass is 784 g/mol. The number of piperidine rings is 1. The zero-order valence-corrected chi connectivity index (χ0v) is 29.9. The van der Waals surface area contributed by atoms with Crippen LogP contribution in [0.3, 0.4) is 0 Å². The normalized spacial score (nSPS) is 15.9. The predicted molar refractivity (Wildman–Crippen MR) is 189 cm³/mol. The van der Waals surface area contributed by atoms with Gasteiger partial charge in [0, 0.05) is 61.7 Å². The van der Waals surface area contributed by atoms with E-state index in [9.17, 15) is 31.1 Å². The zero-order chi connectivity index (χ0) is 39.6. The molecule has 1 amide bonds. The average Bonchev–Trinajstić information content (AvgIpc) is 3.56. The van der Waals surface area contributed by atoms with E-state index >= 15 is 0 Å². The number of hydrogen-bond acceptors (Lipinski definition) is 7. The summed E-state index contributed by atoms with van der Waals surface area (Å²) in [6.45, 7) is 7.08. The molecule has 0 saturated carbocycles. The molecule has 0 bridgehead atoms. The van der Waals surface area contributed by atoms with E-state index in [0.717, 1.165) is 66.6 Å². The minimum absolute atomic E-state index is 0.185. The number of fused-ring (bicyclic) bond motifs is 1. The first-order valence-electron chi connectivity index (χ1n) is 16.9. The first-order chi connectivity index (χ1) is 25.4. The van der Waals surface area contributed by atoms with Gasteiger partial charge in [0.2, 0.25) is 11.8 Å².